The molecule has 0 N–H and O–H groups in total. The van der Waals surface area contributed by atoms with Gasteiger partial charge in [0.1, 0.15) is 0 Å². The molecule has 1 atom stereocenters. The largest absolute Gasteiger partial charge is 0.204 e. The summed E-state index contributed by atoms with van der Waals surface area (Å²) in [6, 6.07) is 9.71. The van der Waals surface area contributed by atoms with Crippen molar-refractivity contribution in [2.75, 3.05) is 0 Å². The Morgan fingerprint density at radius 3 is 2.42 bits per heavy atom. The van der Waals surface area contributed by atoms with Crippen LogP contribution in [0.3, 0.4) is 0 Å². The molecule has 0 aromatic heterocycles. The van der Waals surface area contributed by atoms with E-state index in [9.17, 15) is 13.2 Å². The second kappa shape index (κ2) is 6.09. The van der Waals surface area contributed by atoms with Gasteiger partial charge in [0.05, 0.1) is 0 Å². The molecule has 0 amide bonds. The number of halogens is 5. The molecule has 19 heavy (non-hydrogen) atoms. The molecule has 1 unspecified atom stereocenters. The van der Waals surface area contributed by atoms with Gasteiger partial charge >= 0.3 is 0 Å². The van der Waals surface area contributed by atoms with Gasteiger partial charge in [0.25, 0.3) is 0 Å². The van der Waals surface area contributed by atoms with Crippen molar-refractivity contribution < 1.29 is 13.2 Å². The minimum Gasteiger partial charge on any atom is -0.204 e. The van der Waals surface area contributed by atoms with Crippen molar-refractivity contribution in [3.63, 3.8) is 0 Å². The molecule has 0 radical (unpaired) electrons. The van der Waals surface area contributed by atoms with Crippen LogP contribution in [0.2, 0.25) is 0 Å². The Bertz CT molecular complexity index is 599. The summed E-state index contributed by atoms with van der Waals surface area (Å²) < 4.78 is 40.6. The lowest BCUT2D eigenvalue weighted by Gasteiger charge is -2.12. The molecule has 0 aliphatic rings. The van der Waals surface area contributed by atoms with Crippen LogP contribution < -0.4 is 0 Å². The van der Waals surface area contributed by atoms with Crippen LogP contribution in [0.25, 0.3) is 0 Å². The lowest BCUT2D eigenvalue weighted by molar-refractivity contribution is 0.440. The van der Waals surface area contributed by atoms with E-state index in [4.69, 9.17) is 0 Å². The zero-order chi connectivity index (χ0) is 14.0. The van der Waals surface area contributed by atoms with Gasteiger partial charge in [0, 0.05) is 14.9 Å². The van der Waals surface area contributed by atoms with Crippen molar-refractivity contribution >= 4 is 31.9 Å². The van der Waals surface area contributed by atoms with Crippen LogP contribution in [0.4, 0.5) is 13.2 Å². The molecule has 0 saturated heterocycles. The van der Waals surface area contributed by atoms with Gasteiger partial charge in [-0.05, 0) is 30.2 Å². The molecule has 0 fully saturated rings. The first kappa shape index (κ1) is 14.6. The molecular formula is C14H9Br2F3. The van der Waals surface area contributed by atoms with Gasteiger partial charge in [-0.2, -0.15) is 0 Å². The molecule has 5 heteroatoms. The molecule has 0 aliphatic heterocycles. The van der Waals surface area contributed by atoms with Crippen LogP contribution in [-0.4, -0.2) is 0 Å². The monoisotopic (exact) mass is 392 g/mol. The molecule has 0 spiro atoms. The highest BCUT2D eigenvalue weighted by molar-refractivity contribution is 9.10. The highest BCUT2D eigenvalue weighted by Gasteiger charge is 2.19. The average Bonchev–Trinajstić information content (AvgIpc) is 2.36. The van der Waals surface area contributed by atoms with Crippen LogP contribution in [0.5, 0.6) is 0 Å². The Morgan fingerprint density at radius 1 is 1.00 bits per heavy atom. The van der Waals surface area contributed by atoms with Crippen LogP contribution >= 0.6 is 31.9 Å². The fraction of sp³-hybridized carbons (Fsp3) is 0.143. The SMILES string of the molecule is Fc1ccc(C(Br)Cc2cccc(Br)c2)c(F)c1F. The topological polar surface area (TPSA) is 0 Å². The normalized spacial score (nSPS) is 12.5. The fourth-order valence-electron chi connectivity index (χ4n) is 1.76. The second-order valence-corrected chi connectivity index (χ2v) is 6.09. The van der Waals surface area contributed by atoms with Gasteiger partial charge in [0.15, 0.2) is 17.5 Å². The Morgan fingerprint density at radius 2 is 1.74 bits per heavy atom. The summed E-state index contributed by atoms with van der Waals surface area (Å²) in [7, 11) is 0. The Hall–Kier alpha value is -0.810. The maximum Gasteiger partial charge on any atom is 0.194 e. The molecule has 0 heterocycles. The summed E-state index contributed by atoms with van der Waals surface area (Å²) in [6.07, 6.45) is 0.474. The smallest absolute Gasteiger partial charge is 0.194 e. The third-order valence-corrected chi connectivity index (χ3v) is 4.02. The van der Waals surface area contributed by atoms with Gasteiger partial charge in [0.2, 0.25) is 0 Å². The Labute approximate surface area is 125 Å². The summed E-state index contributed by atoms with van der Waals surface area (Å²) in [5.74, 6) is -3.75. The van der Waals surface area contributed by atoms with E-state index in [2.05, 4.69) is 31.9 Å². The highest BCUT2D eigenvalue weighted by atomic mass is 79.9. The number of hydrogen-bond donors (Lipinski definition) is 0. The first-order valence-electron chi connectivity index (χ1n) is 5.51. The van der Waals surface area contributed by atoms with Crippen molar-refractivity contribution in [3.8, 4) is 0 Å². The van der Waals surface area contributed by atoms with E-state index >= 15 is 0 Å². The molecule has 0 saturated carbocycles. The molecule has 0 nitrogen and oxygen atoms in total. The highest BCUT2D eigenvalue weighted by Crippen LogP contribution is 2.31. The van der Waals surface area contributed by atoms with Crippen molar-refractivity contribution in [2.45, 2.75) is 11.2 Å². The molecule has 0 bridgehead atoms. The number of rotatable bonds is 3. The Balaban J connectivity index is 2.25. The standard InChI is InChI=1S/C14H9Br2F3/c15-9-3-1-2-8(6-9)7-11(16)10-4-5-12(17)14(19)13(10)18/h1-6,11H,7H2. The van der Waals surface area contributed by atoms with Crippen molar-refractivity contribution in [1.29, 1.82) is 0 Å². The van der Waals surface area contributed by atoms with Crippen molar-refractivity contribution in [2.24, 2.45) is 0 Å². The van der Waals surface area contributed by atoms with Crippen molar-refractivity contribution in [3.05, 3.63) is 69.4 Å². The van der Waals surface area contributed by atoms with Crippen LogP contribution in [0, 0.1) is 17.5 Å². The van der Waals surface area contributed by atoms with Gasteiger partial charge in [-0.15, -0.1) is 0 Å². The molecule has 2 rings (SSSR count). The third-order valence-electron chi connectivity index (χ3n) is 2.71. The lowest BCUT2D eigenvalue weighted by atomic mass is 10.0. The molecule has 100 valence electrons. The number of benzene rings is 2. The first-order valence-corrected chi connectivity index (χ1v) is 7.22. The van der Waals surface area contributed by atoms with E-state index in [1.54, 1.807) is 0 Å². The molecule has 2 aromatic carbocycles. The summed E-state index contributed by atoms with van der Waals surface area (Å²) >= 11 is 6.66. The van der Waals surface area contributed by atoms with Gasteiger partial charge in [-0.3, -0.25) is 0 Å². The molecule has 0 aliphatic carbocycles. The summed E-state index contributed by atoms with van der Waals surface area (Å²) in [4.78, 5) is -0.420. The maximum atomic E-state index is 13.6. The summed E-state index contributed by atoms with van der Waals surface area (Å²) in [5, 5.41) is 0. The van der Waals surface area contributed by atoms with Gasteiger partial charge in [-0.25, -0.2) is 13.2 Å². The van der Waals surface area contributed by atoms with Crippen LogP contribution in [-0.2, 0) is 6.42 Å². The van der Waals surface area contributed by atoms with E-state index in [1.807, 2.05) is 24.3 Å². The summed E-state index contributed by atoms with van der Waals surface area (Å²) in [6.45, 7) is 0. The lowest BCUT2D eigenvalue weighted by Crippen LogP contribution is -2.02. The van der Waals surface area contributed by atoms with E-state index in [1.165, 1.54) is 6.07 Å². The third kappa shape index (κ3) is 3.39. The van der Waals surface area contributed by atoms with Gasteiger partial charge < -0.3 is 0 Å². The number of hydrogen-bond acceptors (Lipinski definition) is 0. The van der Waals surface area contributed by atoms with E-state index in [-0.39, 0.29) is 5.56 Å². The molecular weight excluding hydrogens is 385 g/mol. The second-order valence-electron chi connectivity index (χ2n) is 4.07. The first-order chi connectivity index (χ1) is 8.99. The van der Waals surface area contributed by atoms with Gasteiger partial charge in [-0.1, -0.05) is 50.1 Å². The minimum absolute atomic E-state index is 0.110. The average molecular weight is 394 g/mol. The van der Waals surface area contributed by atoms with E-state index < -0.39 is 22.3 Å². The van der Waals surface area contributed by atoms with Crippen LogP contribution in [0.1, 0.15) is 16.0 Å². The predicted octanol–water partition coefficient (Wildman–Crippen LogP) is 5.55. The zero-order valence-corrected chi connectivity index (χ0v) is 12.8. The van der Waals surface area contributed by atoms with E-state index in [0.29, 0.717) is 6.42 Å². The van der Waals surface area contributed by atoms with Crippen LogP contribution in [0.15, 0.2) is 40.9 Å². The molecule has 2 aromatic rings. The quantitative estimate of drug-likeness (QED) is 0.474. The minimum atomic E-state index is -1.43. The maximum absolute atomic E-state index is 13.6. The Kier molecular flexibility index (Phi) is 4.68. The summed E-state index contributed by atoms with van der Waals surface area (Å²) in [5.41, 5.74) is 1.07. The number of alkyl halides is 1. The van der Waals surface area contributed by atoms with E-state index in [0.717, 1.165) is 16.1 Å². The zero-order valence-electron chi connectivity index (χ0n) is 9.64. The predicted molar refractivity (Wildman–Crippen MR) is 75.8 cm³/mol. The fourth-order valence-corrected chi connectivity index (χ4v) is 2.94. The van der Waals surface area contributed by atoms with Crippen molar-refractivity contribution in [1.82, 2.24) is 0 Å².